The van der Waals surface area contributed by atoms with E-state index >= 15 is 0 Å². The van der Waals surface area contributed by atoms with Crippen LogP contribution in [0.4, 0.5) is 0 Å². The van der Waals surface area contributed by atoms with Crippen molar-refractivity contribution in [3.8, 4) is 0 Å². The molecule has 4 atom stereocenters. The van der Waals surface area contributed by atoms with Gasteiger partial charge in [-0.05, 0) is 49.9 Å². The van der Waals surface area contributed by atoms with Crippen molar-refractivity contribution in [3.05, 3.63) is 0 Å². The van der Waals surface area contributed by atoms with Crippen molar-refractivity contribution in [2.75, 3.05) is 6.54 Å². The predicted molar refractivity (Wildman–Crippen MR) is 72.6 cm³/mol. The minimum absolute atomic E-state index is 0.153. The summed E-state index contributed by atoms with van der Waals surface area (Å²) in [5.41, 5.74) is 0. The molecule has 0 radical (unpaired) electrons. The molecule has 0 aromatic carbocycles. The summed E-state index contributed by atoms with van der Waals surface area (Å²) in [6.45, 7) is 2.32. The van der Waals surface area contributed by atoms with E-state index in [9.17, 15) is 9.59 Å². The summed E-state index contributed by atoms with van der Waals surface area (Å²) in [7, 11) is 0. The van der Waals surface area contributed by atoms with E-state index in [-0.39, 0.29) is 11.8 Å². The Labute approximate surface area is 115 Å². The van der Waals surface area contributed by atoms with E-state index in [1.165, 1.54) is 25.7 Å². The number of carboxylic acid groups (broad SMARTS) is 1. The van der Waals surface area contributed by atoms with Gasteiger partial charge in [-0.3, -0.25) is 9.59 Å². The molecule has 0 saturated heterocycles. The molecule has 4 unspecified atom stereocenters. The van der Waals surface area contributed by atoms with Crippen molar-refractivity contribution in [1.29, 1.82) is 0 Å². The number of rotatable bonds is 7. The van der Waals surface area contributed by atoms with Gasteiger partial charge in [0.2, 0.25) is 5.91 Å². The Balaban J connectivity index is 1.56. The summed E-state index contributed by atoms with van der Waals surface area (Å²) in [4.78, 5) is 22.5. The molecule has 4 heteroatoms. The Bertz CT molecular complexity index is 342. The Morgan fingerprint density at radius 1 is 1.32 bits per heavy atom. The van der Waals surface area contributed by atoms with Crippen LogP contribution in [0.5, 0.6) is 0 Å². The molecule has 108 valence electrons. The number of aliphatic carboxylic acids is 1. The maximum Gasteiger partial charge on any atom is 0.306 e. The van der Waals surface area contributed by atoms with Gasteiger partial charge < -0.3 is 10.4 Å². The summed E-state index contributed by atoms with van der Waals surface area (Å²) in [6, 6.07) is 0. The lowest BCUT2D eigenvalue weighted by Gasteiger charge is -2.20. The van der Waals surface area contributed by atoms with E-state index in [1.54, 1.807) is 6.92 Å². The van der Waals surface area contributed by atoms with Crippen LogP contribution in [0.3, 0.4) is 0 Å². The fourth-order valence-corrected chi connectivity index (χ4v) is 3.70. The summed E-state index contributed by atoms with van der Waals surface area (Å²) < 4.78 is 0. The molecule has 0 aromatic heterocycles. The molecule has 4 nitrogen and oxygen atoms in total. The molecule has 0 heterocycles. The average molecular weight is 267 g/mol. The molecule has 0 aliphatic heterocycles. The maximum atomic E-state index is 11.8. The first-order chi connectivity index (χ1) is 9.06. The Kier molecular flexibility index (Phi) is 4.83. The number of carbonyl (C=O) groups is 2. The second kappa shape index (κ2) is 6.40. The van der Waals surface area contributed by atoms with Gasteiger partial charge in [-0.15, -0.1) is 0 Å². The van der Waals surface area contributed by atoms with Crippen LogP contribution >= 0.6 is 0 Å². The fraction of sp³-hybridized carbons (Fsp3) is 0.867. The first-order valence-corrected chi connectivity index (χ1v) is 7.55. The molecular weight excluding hydrogens is 242 g/mol. The van der Waals surface area contributed by atoms with E-state index in [0.717, 1.165) is 18.3 Å². The van der Waals surface area contributed by atoms with Gasteiger partial charge in [-0.2, -0.15) is 0 Å². The third-order valence-electron chi connectivity index (χ3n) is 4.89. The number of hydrogen-bond acceptors (Lipinski definition) is 2. The first-order valence-electron chi connectivity index (χ1n) is 7.55. The van der Waals surface area contributed by atoms with Gasteiger partial charge in [0.1, 0.15) is 0 Å². The number of fused-ring (bicyclic) bond motifs is 2. The molecule has 2 fully saturated rings. The molecule has 0 spiro atoms. The van der Waals surface area contributed by atoms with Crippen molar-refractivity contribution in [2.24, 2.45) is 23.7 Å². The monoisotopic (exact) mass is 267 g/mol. The molecule has 2 aliphatic carbocycles. The highest BCUT2D eigenvalue weighted by Gasteiger charge is 2.39. The predicted octanol–water partition coefficient (Wildman–Crippen LogP) is 2.43. The summed E-state index contributed by atoms with van der Waals surface area (Å²) in [5.74, 6) is 1.37. The van der Waals surface area contributed by atoms with Gasteiger partial charge >= 0.3 is 5.97 Å². The average Bonchev–Trinajstić information content (AvgIpc) is 2.96. The van der Waals surface area contributed by atoms with Crippen LogP contribution in [0.1, 0.15) is 51.9 Å². The SMILES string of the molecule is CC(CCCNC(=O)CC1CC2CCC1C2)C(=O)O. The topological polar surface area (TPSA) is 66.4 Å². The molecule has 1 amide bonds. The molecule has 19 heavy (non-hydrogen) atoms. The van der Waals surface area contributed by atoms with Gasteiger partial charge in [0.15, 0.2) is 0 Å². The number of carboxylic acids is 1. The normalized spacial score (nSPS) is 30.3. The second-order valence-electron chi connectivity index (χ2n) is 6.37. The zero-order valence-corrected chi connectivity index (χ0v) is 11.7. The summed E-state index contributed by atoms with van der Waals surface area (Å²) >= 11 is 0. The molecule has 2 rings (SSSR count). The molecule has 0 aromatic rings. The van der Waals surface area contributed by atoms with E-state index in [1.807, 2.05) is 0 Å². The minimum atomic E-state index is -0.756. The smallest absolute Gasteiger partial charge is 0.306 e. The number of amides is 1. The summed E-state index contributed by atoms with van der Waals surface area (Å²) in [5, 5.41) is 11.7. The second-order valence-corrected chi connectivity index (χ2v) is 6.37. The fourth-order valence-electron chi connectivity index (χ4n) is 3.70. The Morgan fingerprint density at radius 2 is 2.11 bits per heavy atom. The Hall–Kier alpha value is -1.06. The van der Waals surface area contributed by atoms with Crippen LogP contribution < -0.4 is 5.32 Å². The van der Waals surface area contributed by atoms with E-state index in [2.05, 4.69) is 5.32 Å². The molecule has 2 N–H and O–H groups in total. The zero-order chi connectivity index (χ0) is 13.8. The van der Waals surface area contributed by atoms with Crippen molar-refractivity contribution in [2.45, 2.75) is 51.9 Å². The third-order valence-corrected chi connectivity index (χ3v) is 4.89. The number of hydrogen-bond donors (Lipinski definition) is 2. The highest BCUT2D eigenvalue weighted by atomic mass is 16.4. The van der Waals surface area contributed by atoms with E-state index in [0.29, 0.717) is 25.3 Å². The molecular formula is C15H25NO3. The van der Waals surface area contributed by atoms with Gasteiger partial charge in [0.25, 0.3) is 0 Å². The maximum absolute atomic E-state index is 11.8. The van der Waals surface area contributed by atoms with Gasteiger partial charge in [0.05, 0.1) is 5.92 Å². The van der Waals surface area contributed by atoms with Gasteiger partial charge in [0, 0.05) is 13.0 Å². The van der Waals surface area contributed by atoms with Gasteiger partial charge in [-0.25, -0.2) is 0 Å². The lowest BCUT2D eigenvalue weighted by atomic mass is 9.86. The van der Waals surface area contributed by atoms with Crippen molar-refractivity contribution in [1.82, 2.24) is 5.32 Å². The highest BCUT2D eigenvalue weighted by molar-refractivity contribution is 5.76. The van der Waals surface area contributed by atoms with Crippen LogP contribution in [0, 0.1) is 23.7 Å². The van der Waals surface area contributed by atoms with E-state index < -0.39 is 5.97 Å². The first kappa shape index (κ1) is 14.4. The molecule has 2 saturated carbocycles. The van der Waals surface area contributed by atoms with Crippen LogP contribution in [0.15, 0.2) is 0 Å². The lowest BCUT2D eigenvalue weighted by Crippen LogP contribution is -2.28. The summed E-state index contributed by atoms with van der Waals surface area (Å²) in [6.07, 6.45) is 7.33. The van der Waals surface area contributed by atoms with Crippen molar-refractivity contribution >= 4 is 11.9 Å². The molecule has 2 aliphatic rings. The van der Waals surface area contributed by atoms with Crippen LogP contribution in [-0.4, -0.2) is 23.5 Å². The molecule has 2 bridgehead atoms. The number of nitrogens with one attached hydrogen (secondary N) is 1. The number of carbonyl (C=O) groups excluding carboxylic acids is 1. The Morgan fingerprint density at radius 3 is 2.68 bits per heavy atom. The lowest BCUT2D eigenvalue weighted by molar-refractivity contribution is -0.141. The third kappa shape index (κ3) is 3.95. The van der Waals surface area contributed by atoms with Crippen LogP contribution in [0.2, 0.25) is 0 Å². The zero-order valence-electron chi connectivity index (χ0n) is 11.7. The largest absolute Gasteiger partial charge is 0.481 e. The quantitative estimate of drug-likeness (QED) is 0.696. The highest BCUT2D eigenvalue weighted by Crippen LogP contribution is 2.49. The van der Waals surface area contributed by atoms with Crippen LogP contribution in [-0.2, 0) is 9.59 Å². The van der Waals surface area contributed by atoms with Gasteiger partial charge in [-0.1, -0.05) is 13.3 Å². The standard InChI is InChI=1S/C15H25NO3/c1-10(15(18)19)3-2-6-16-14(17)9-13-8-11-4-5-12(13)7-11/h10-13H,2-9H2,1H3,(H,16,17)(H,18,19). The van der Waals surface area contributed by atoms with Crippen LogP contribution in [0.25, 0.3) is 0 Å². The minimum Gasteiger partial charge on any atom is -0.481 e. The van der Waals surface area contributed by atoms with Crippen molar-refractivity contribution in [3.63, 3.8) is 0 Å². The van der Waals surface area contributed by atoms with Crippen molar-refractivity contribution < 1.29 is 14.7 Å². The van der Waals surface area contributed by atoms with E-state index in [4.69, 9.17) is 5.11 Å².